The van der Waals surface area contributed by atoms with Gasteiger partial charge < -0.3 is 0 Å². The third-order valence-corrected chi connectivity index (χ3v) is 9.85. The second kappa shape index (κ2) is 8.61. The fourth-order valence-corrected chi connectivity index (χ4v) is 7.36. The summed E-state index contributed by atoms with van der Waals surface area (Å²) < 4.78 is 21.1. The van der Waals surface area contributed by atoms with Gasteiger partial charge in [0, 0.05) is 0 Å². The number of aromatic nitrogens is 2. The molecule has 32 heavy (non-hydrogen) atoms. The van der Waals surface area contributed by atoms with Crippen LogP contribution >= 0.6 is 0 Å². The molecule has 2 aliphatic rings. The Morgan fingerprint density at radius 2 is 2.12 bits per heavy atom. The van der Waals surface area contributed by atoms with Crippen molar-refractivity contribution in [2.24, 2.45) is 5.92 Å². The minimum atomic E-state index is -0.466. The molecule has 2 unspecified atom stereocenters. The van der Waals surface area contributed by atoms with Crippen LogP contribution in [0.15, 0.2) is 36.7 Å². The van der Waals surface area contributed by atoms with E-state index in [1.54, 1.807) is 24.5 Å². The molecular formula is C23H24FIN5O2-. The van der Waals surface area contributed by atoms with Gasteiger partial charge in [-0.2, -0.15) is 0 Å². The van der Waals surface area contributed by atoms with E-state index in [-0.39, 0.29) is 36.8 Å². The van der Waals surface area contributed by atoms with E-state index in [1.807, 2.05) is 6.07 Å². The van der Waals surface area contributed by atoms with E-state index in [9.17, 15) is 9.18 Å². The predicted molar refractivity (Wildman–Crippen MR) is 118 cm³/mol. The first-order valence-electron chi connectivity index (χ1n) is 10.5. The summed E-state index contributed by atoms with van der Waals surface area (Å²) >= 11 is -0.196. The summed E-state index contributed by atoms with van der Waals surface area (Å²) in [6.45, 7) is 3.76. The molecule has 0 radical (unpaired) electrons. The number of rotatable bonds is 3. The van der Waals surface area contributed by atoms with E-state index in [2.05, 4.69) is 32.8 Å². The summed E-state index contributed by atoms with van der Waals surface area (Å²) in [7, 11) is 1.43. The fourth-order valence-electron chi connectivity index (χ4n) is 4.12. The van der Waals surface area contributed by atoms with Crippen molar-refractivity contribution in [1.29, 1.82) is 0 Å². The fraction of sp³-hybridized carbons (Fsp3) is 0.304. The van der Waals surface area contributed by atoms with E-state index in [0.29, 0.717) is 29.4 Å². The van der Waals surface area contributed by atoms with E-state index in [4.69, 9.17) is 4.74 Å². The number of anilines is 3. The SMILES string of the molecule is COc1c(F)cccc1Nc1c2[nH]c3c1C(=O)NCC3[I-]CC(C)CNc1cnccc1-2. The molecule has 5 rings (SSSR count). The Morgan fingerprint density at radius 1 is 1.25 bits per heavy atom. The van der Waals surface area contributed by atoms with Gasteiger partial charge in [0.15, 0.2) is 0 Å². The second-order valence-corrected chi connectivity index (χ2v) is 11.3. The van der Waals surface area contributed by atoms with Crippen molar-refractivity contribution in [3.63, 3.8) is 0 Å². The Hall–Kier alpha value is -2.82. The summed E-state index contributed by atoms with van der Waals surface area (Å²) in [6.07, 6.45) is 3.54. The zero-order valence-corrected chi connectivity index (χ0v) is 19.9. The van der Waals surface area contributed by atoms with Crippen LogP contribution in [0.3, 0.4) is 0 Å². The standard InChI is InChI=1S/C23H24FIN5O2/c1-12-8-25-15-10-28-23(31)18-20(15)30-19(13-6-7-26-11-17(13)27-9-12)21(18)29-16-5-3-4-14(24)22(16)32-2/h3-7,11-12,15,27,29-30H,8-10H2,1-2H3,(H,28,31)/q-1. The van der Waals surface area contributed by atoms with E-state index in [0.717, 1.165) is 33.6 Å². The molecule has 0 spiro atoms. The summed E-state index contributed by atoms with van der Waals surface area (Å²) in [5.41, 5.74) is 5.23. The Morgan fingerprint density at radius 3 is 2.97 bits per heavy atom. The van der Waals surface area contributed by atoms with Gasteiger partial charge in [-0.1, -0.05) is 0 Å². The number of para-hydroxylation sites is 1. The summed E-state index contributed by atoms with van der Waals surface area (Å²) in [5, 5.41) is 9.92. The molecule has 9 heteroatoms. The number of H-pyrrole nitrogens is 1. The number of methoxy groups -OCH3 is 1. The van der Waals surface area contributed by atoms with Gasteiger partial charge in [-0.15, -0.1) is 0 Å². The van der Waals surface area contributed by atoms with Crippen LogP contribution in [0.5, 0.6) is 5.75 Å². The number of alkyl halides is 2. The number of aromatic amines is 1. The van der Waals surface area contributed by atoms with Crippen molar-refractivity contribution in [3.8, 4) is 17.0 Å². The molecule has 2 bridgehead atoms. The Bertz CT molecular complexity index is 1180. The summed E-state index contributed by atoms with van der Waals surface area (Å²) in [6, 6.07) is 6.64. The number of amides is 1. The molecule has 0 aliphatic carbocycles. The normalized spacial score (nSPS) is 20.0. The number of halogens is 2. The topological polar surface area (TPSA) is 91.1 Å². The number of pyridine rings is 1. The van der Waals surface area contributed by atoms with E-state index < -0.39 is 5.82 Å². The van der Waals surface area contributed by atoms with Crippen molar-refractivity contribution >= 4 is 23.0 Å². The molecule has 3 aromatic rings. The quantitative estimate of drug-likeness (QED) is 0.289. The van der Waals surface area contributed by atoms with Crippen molar-refractivity contribution in [1.82, 2.24) is 15.3 Å². The van der Waals surface area contributed by atoms with Gasteiger partial charge in [-0.05, 0) is 0 Å². The molecule has 2 atom stereocenters. The van der Waals surface area contributed by atoms with Crippen LogP contribution in [0.1, 0.15) is 26.9 Å². The van der Waals surface area contributed by atoms with Crippen molar-refractivity contribution < 1.29 is 35.1 Å². The van der Waals surface area contributed by atoms with Gasteiger partial charge in [0.05, 0.1) is 0 Å². The van der Waals surface area contributed by atoms with Crippen molar-refractivity contribution in [3.05, 3.63) is 53.7 Å². The third-order valence-electron chi connectivity index (χ3n) is 5.71. The molecule has 2 aliphatic heterocycles. The zero-order chi connectivity index (χ0) is 22.2. The van der Waals surface area contributed by atoms with Crippen LogP contribution in [-0.2, 0) is 0 Å². The van der Waals surface area contributed by atoms with Crippen LogP contribution in [-0.4, -0.2) is 40.5 Å². The van der Waals surface area contributed by atoms with Crippen LogP contribution < -0.4 is 41.9 Å². The van der Waals surface area contributed by atoms with E-state index >= 15 is 0 Å². The van der Waals surface area contributed by atoms with Gasteiger partial charge in [0.25, 0.3) is 0 Å². The Balaban J connectivity index is 1.73. The zero-order valence-electron chi connectivity index (χ0n) is 17.8. The summed E-state index contributed by atoms with van der Waals surface area (Å²) in [4.78, 5) is 20.9. The monoisotopic (exact) mass is 548 g/mol. The molecule has 1 amide bonds. The average Bonchev–Trinajstić information content (AvgIpc) is 3.16. The maximum atomic E-state index is 14.4. The van der Waals surface area contributed by atoms with Gasteiger partial charge in [-0.3, -0.25) is 0 Å². The van der Waals surface area contributed by atoms with Crippen LogP contribution in [0.2, 0.25) is 0 Å². The van der Waals surface area contributed by atoms with Crippen LogP contribution in [0.25, 0.3) is 11.3 Å². The molecule has 4 heterocycles. The number of hydrogen-bond acceptors (Lipinski definition) is 5. The third kappa shape index (κ3) is 3.68. The molecule has 2 aromatic heterocycles. The van der Waals surface area contributed by atoms with Gasteiger partial charge in [0.1, 0.15) is 0 Å². The minimum absolute atomic E-state index is 0.108. The van der Waals surface area contributed by atoms with Crippen LogP contribution in [0, 0.1) is 11.7 Å². The van der Waals surface area contributed by atoms with Gasteiger partial charge >= 0.3 is 196 Å². The molecule has 4 N–H and O–H groups in total. The van der Waals surface area contributed by atoms with Gasteiger partial charge in [-0.25, -0.2) is 0 Å². The molecular weight excluding hydrogens is 524 g/mol. The first-order chi connectivity index (χ1) is 15.6. The average molecular weight is 548 g/mol. The Labute approximate surface area is 195 Å². The second-order valence-electron chi connectivity index (χ2n) is 8.00. The first kappa shape index (κ1) is 21.0. The van der Waals surface area contributed by atoms with Gasteiger partial charge in [0.2, 0.25) is 0 Å². The number of nitrogens with zero attached hydrogens (tertiary/aromatic N) is 1. The Kier molecular flexibility index (Phi) is 5.66. The molecule has 0 saturated carbocycles. The number of hydrogen-bond donors (Lipinski definition) is 4. The van der Waals surface area contributed by atoms with Crippen molar-refractivity contribution in [2.75, 3.05) is 35.3 Å². The number of carbonyl (C=O) groups is 1. The molecule has 0 saturated heterocycles. The first-order valence-corrected chi connectivity index (χ1v) is 13.2. The number of benzene rings is 1. The number of fused-ring (bicyclic) bond motifs is 3. The molecule has 1 aromatic carbocycles. The van der Waals surface area contributed by atoms with E-state index in [1.165, 1.54) is 13.2 Å². The predicted octanol–water partition coefficient (Wildman–Crippen LogP) is 0.903. The number of nitrogens with one attached hydrogen (secondary N) is 4. The molecule has 0 fully saturated rings. The number of carbonyl (C=O) groups excluding carboxylic acids is 1. The summed E-state index contributed by atoms with van der Waals surface area (Å²) in [5.74, 6) is 0.0366. The molecule has 7 nitrogen and oxygen atoms in total. The molecule has 168 valence electrons. The maximum absolute atomic E-state index is 14.4. The van der Waals surface area contributed by atoms with Crippen molar-refractivity contribution in [2.45, 2.75) is 10.8 Å². The number of ether oxygens (including phenoxy) is 1. The van der Waals surface area contributed by atoms with Crippen LogP contribution in [0.4, 0.5) is 21.5 Å².